The summed E-state index contributed by atoms with van der Waals surface area (Å²) in [5.74, 6) is -2.46. The van der Waals surface area contributed by atoms with E-state index >= 15 is 0 Å². The normalized spacial score (nSPS) is 14.6. The van der Waals surface area contributed by atoms with Gasteiger partial charge in [-0.05, 0) is 31.5 Å². The van der Waals surface area contributed by atoms with E-state index < -0.39 is 23.7 Å². The van der Waals surface area contributed by atoms with Gasteiger partial charge in [0.25, 0.3) is 11.8 Å². The highest BCUT2D eigenvalue weighted by Gasteiger charge is 2.39. The molecule has 0 saturated carbocycles. The van der Waals surface area contributed by atoms with Gasteiger partial charge in [0.2, 0.25) is 0 Å². The van der Waals surface area contributed by atoms with E-state index in [-0.39, 0.29) is 11.1 Å². The Bertz CT molecular complexity index is 760. The molecule has 1 heterocycles. The first-order valence-electron chi connectivity index (χ1n) is 7.25. The van der Waals surface area contributed by atoms with Gasteiger partial charge in [0.05, 0.1) is 17.0 Å². The van der Waals surface area contributed by atoms with Crippen molar-refractivity contribution in [2.45, 2.75) is 19.8 Å². The fourth-order valence-electron chi connectivity index (χ4n) is 2.41. The van der Waals surface area contributed by atoms with Gasteiger partial charge in [0, 0.05) is 0 Å². The van der Waals surface area contributed by atoms with E-state index in [9.17, 15) is 14.4 Å². The van der Waals surface area contributed by atoms with Gasteiger partial charge in [0.15, 0.2) is 0 Å². The maximum absolute atomic E-state index is 12.3. The number of hydroxylamine groups is 2. The zero-order valence-corrected chi connectivity index (χ0v) is 12.8. The average molecular weight is 309 g/mol. The quantitative estimate of drug-likeness (QED) is 0.818. The molecule has 23 heavy (non-hydrogen) atoms. The van der Waals surface area contributed by atoms with Gasteiger partial charge in [-0.2, -0.15) is 0 Å². The molecule has 0 saturated heterocycles. The maximum Gasteiger partial charge on any atom is 0.340 e. The predicted octanol–water partition coefficient (Wildman–Crippen LogP) is 2.85. The second kappa shape index (κ2) is 5.68. The lowest BCUT2D eigenvalue weighted by Gasteiger charge is -2.16. The Balaban J connectivity index is 1.77. The molecule has 5 heteroatoms. The smallest absolute Gasteiger partial charge is 0.329 e. The van der Waals surface area contributed by atoms with Crippen LogP contribution in [0.15, 0.2) is 48.5 Å². The molecule has 2 aromatic carbocycles. The third-order valence-electron chi connectivity index (χ3n) is 3.87. The molecule has 0 spiro atoms. The highest BCUT2D eigenvalue weighted by molar-refractivity contribution is 6.20. The van der Waals surface area contributed by atoms with Gasteiger partial charge >= 0.3 is 5.97 Å². The van der Waals surface area contributed by atoms with Crippen molar-refractivity contribution in [1.29, 1.82) is 0 Å². The molecule has 5 nitrogen and oxygen atoms in total. The van der Waals surface area contributed by atoms with Crippen LogP contribution < -0.4 is 0 Å². The highest BCUT2D eigenvalue weighted by Crippen LogP contribution is 2.25. The van der Waals surface area contributed by atoms with Crippen molar-refractivity contribution in [3.63, 3.8) is 0 Å². The number of imide groups is 1. The molecule has 3 rings (SSSR count). The first-order chi connectivity index (χ1) is 11.0. The molecule has 116 valence electrons. The van der Waals surface area contributed by atoms with Crippen LogP contribution in [0.3, 0.4) is 0 Å². The summed E-state index contributed by atoms with van der Waals surface area (Å²) in [7, 11) is 0. The van der Waals surface area contributed by atoms with Gasteiger partial charge in [-0.15, -0.1) is 0 Å². The Hall–Kier alpha value is -2.95. The van der Waals surface area contributed by atoms with Crippen LogP contribution >= 0.6 is 0 Å². The Labute approximate surface area is 133 Å². The molecule has 1 atom stereocenters. The van der Waals surface area contributed by atoms with Crippen LogP contribution in [0.5, 0.6) is 0 Å². The number of fused-ring (bicyclic) bond motifs is 1. The minimum atomic E-state index is -0.650. The number of benzene rings is 2. The summed E-state index contributed by atoms with van der Waals surface area (Å²) in [6, 6.07) is 13.8. The monoisotopic (exact) mass is 309 g/mol. The summed E-state index contributed by atoms with van der Waals surface area (Å²) in [6.45, 7) is 3.62. The van der Waals surface area contributed by atoms with E-state index in [4.69, 9.17) is 4.84 Å². The van der Waals surface area contributed by atoms with Gasteiger partial charge in [-0.1, -0.05) is 47.0 Å². The lowest BCUT2D eigenvalue weighted by molar-refractivity contribution is -0.170. The van der Waals surface area contributed by atoms with Crippen molar-refractivity contribution >= 4 is 17.8 Å². The van der Waals surface area contributed by atoms with Crippen molar-refractivity contribution in [1.82, 2.24) is 5.06 Å². The van der Waals surface area contributed by atoms with Crippen LogP contribution in [-0.4, -0.2) is 22.8 Å². The molecule has 0 bridgehead atoms. The molecule has 2 amide bonds. The predicted molar refractivity (Wildman–Crippen MR) is 82.6 cm³/mol. The molecule has 0 N–H and O–H groups in total. The molecule has 0 fully saturated rings. The maximum atomic E-state index is 12.3. The molecule has 1 unspecified atom stereocenters. The van der Waals surface area contributed by atoms with Crippen molar-refractivity contribution in [2.24, 2.45) is 0 Å². The van der Waals surface area contributed by atoms with E-state index in [0.717, 1.165) is 11.1 Å². The number of aryl methyl sites for hydroxylation is 1. The van der Waals surface area contributed by atoms with E-state index in [1.807, 2.05) is 31.2 Å². The minimum Gasteiger partial charge on any atom is -0.329 e. The molecular weight excluding hydrogens is 294 g/mol. The Morgan fingerprint density at radius 1 is 0.957 bits per heavy atom. The van der Waals surface area contributed by atoms with Crippen LogP contribution in [-0.2, 0) is 9.63 Å². The first kappa shape index (κ1) is 15.0. The van der Waals surface area contributed by atoms with Gasteiger partial charge in [-0.25, -0.2) is 4.79 Å². The number of nitrogens with zero attached hydrogens (tertiary/aromatic N) is 1. The van der Waals surface area contributed by atoms with Gasteiger partial charge in [-0.3, -0.25) is 9.59 Å². The van der Waals surface area contributed by atoms with Crippen LogP contribution in [0, 0.1) is 6.92 Å². The van der Waals surface area contributed by atoms with Crippen molar-refractivity contribution < 1.29 is 19.2 Å². The number of hydrogen-bond donors (Lipinski definition) is 0. The number of carbonyl (C=O) groups is 3. The lowest BCUT2D eigenvalue weighted by atomic mass is 10.0. The molecule has 1 aliphatic heterocycles. The summed E-state index contributed by atoms with van der Waals surface area (Å²) in [4.78, 5) is 41.7. The molecule has 2 aromatic rings. The van der Waals surface area contributed by atoms with E-state index in [1.54, 1.807) is 19.1 Å². The summed E-state index contributed by atoms with van der Waals surface area (Å²) in [6.07, 6.45) is 0. The lowest BCUT2D eigenvalue weighted by Crippen LogP contribution is -2.34. The molecular formula is C18H15NO4. The average Bonchev–Trinajstić information content (AvgIpc) is 2.80. The third kappa shape index (κ3) is 2.61. The topological polar surface area (TPSA) is 63.7 Å². The summed E-state index contributed by atoms with van der Waals surface area (Å²) < 4.78 is 0. The largest absolute Gasteiger partial charge is 0.340 e. The van der Waals surface area contributed by atoms with E-state index in [2.05, 4.69) is 0 Å². The zero-order chi connectivity index (χ0) is 16.6. The first-order valence-corrected chi connectivity index (χ1v) is 7.25. The SMILES string of the molecule is Cc1ccc(C(C)C(=O)ON2C(=O)c3ccccc3C2=O)cc1. The van der Waals surface area contributed by atoms with Crippen molar-refractivity contribution in [3.8, 4) is 0 Å². The fraction of sp³-hybridized carbons (Fsp3) is 0.167. The Morgan fingerprint density at radius 3 is 2.00 bits per heavy atom. The second-order valence-corrected chi connectivity index (χ2v) is 5.49. The standard InChI is InChI=1S/C18H15NO4/c1-11-7-9-13(10-8-11)12(2)18(22)23-19-16(20)14-5-3-4-6-15(14)17(19)21/h3-10,12H,1-2H3. The molecule has 1 aliphatic rings. The third-order valence-corrected chi connectivity index (χ3v) is 3.87. The summed E-state index contributed by atoms with van der Waals surface area (Å²) in [5, 5.41) is 0.539. The highest BCUT2D eigenvalue weighted by atomic mass is 16.7. The molecule has 0 radical (unpaired) electrons. The summed E-state index contributed by atoms with van der Waals surface area (Å²) >= 11 is 0. The zero-order valence-electron chi connectivity index (χ0n) is 12.8. The number of carbonyl (C=O) groups excluding carboxylic acids is 3. The Morgan fingerprint density at radius 2 is 1.48 bits per heavy atom. The fourth-order valence-corrected chi connectivity index (χ4v) is 2.41. The second-order valence-electron chi connectivity index (χ2n) is 5.49. The van der Waals surface area contributed by atoms with Crippen LogP contribution in [0.25, 0.3) is 0 Å². The Kier molecular flexibility index (Phi) is 3.70. The van der Waals surface area contributed by atoms with Crippen LogP contribution in [0.1, 0.15) is 44.7 Å². The van der Waals surface area contributed by atoms with Gasteiger partial charge < -0.3 is 4.84 Å². The van der Waals surface area contributed by atoms with Crippen LogP contribution in [0.2, 0.25) is 0 Å². The number of hydrogen-bond acceptors (Lipinski definition) is 4. The van der Waals surface area contributed by atoms with Gasteiger partial charge in [0.1, 0.15) is 0 Å². The summed E-state index contributed by atoms with van der Waals surface area (Å²) in [5.41, 5.74) is 2.33. The van der Waals surface area contributed by atoms with Crippen molar-refractivity contribution in [2.75, 3.05) is 0 Å². The molecule has 0 aliphatic carbocycles. The van der Waals surface area contributed by atoms with E-state index in [1.165, 1.54) is 12.1 Å². The van der Waals surface area contributed by atoms with E-state index in [0.29, 0.717) is 5.06 Å². The number of amides is 2. The van der Waals surface area contributed by atoms with Crippen molar-refractivity contribution in [3.05, 3.63) is 70.8 Å². The number of rotatable bonds is 3. The van der Waals surface area contributed by atoms with Crippen LogP contribution in [0.4, 0.5) is 0 Å². The minimum absolute atomic E-state index is 0.244. The molecule has 0 aromatic heterocycles.